The number of rotatable bonds is 5. The normalized spacial score (nSPS) is 9.91. The molecule has 0 heterocycles. The Balaban J connectivity index is 2.04. The minimum Gasteiger partial charge on any atom is -0.375 e. The number of benzene rings is 2. The van der Waals surface area contributed by atoms with Gasteiger partial charge in [-0.25, -0.2) is 0 Å². The van der Waals surface area contributed by atoms with E-state index in [0.29, 0.717) is 11.3 Å². The molecule has 0 saturated carbocycles. The summed E-state index contributed by atoms with van der Waals surface area (Å²) in [7, 11) is 3.30. The largest absolute Gasteiger partial charge is 0.375 e. The highest BCUT2D eigenvalue weighted by atomic mass is 16.2. The molecule has 0 spiro atoms. The first kappa shape index (κ1) is 15.6. The van der Waals surface area contributed by atoms with Crippen LogP contribution in [0.15, 0.2) is 54.6 Å². The van der Waals surface area contributed by atoms with E-state index < -0.39 is 0 Å². The van der Waals surface area contributed by atoms with E-state index in [2.05, 4.69) is 10.6 Å². The summed E-state index contributed by atoms with van der Waals surface area (Å²) in [4.78, 5) is 25.6. The minimum absolute atomic E-state index is 0.0853. The number of amides is 2. The van der Waals surface area contributed by atoms with Crippen molar-refractivity contribution in [2.75, 3.05) is 30.9 Å². The summed E-state index contributed by atoms with van der Waals surface area (Å²) in [6, 6.07) is 16.5. The van der Waals surface area contributed by atoms with E-state index in [-0.39, 0.29) is 18.4 Å². The van der Waals surface area contributed by atoms with Gasteiger partial charge < -0.3 is 15.5 Å². The molecule has 0 bridgehead atoms. The van der Waals surface area contributed by atoms with Gasteiger partial charge in [-0.1, -0.05) is 30.3 Å². The number of nitrogens with one attached hydrogen (secondary N) is 2. The third-order valence-electron chi connectivity index (χ3n) is 3.35. The molecule has 0 aliphatic rings. The van der Waals surface area contributed by atoms with E-state index in [1.807, 2.05) is 36.4 Å². The summed E-state index contributed by atoms with van der Waals surface area (Å²) in [5, 5.41) is 5.61. The fraction of sp³-hybridized carbons (Fsp3) is 0.176. The topological polar surface area (TPSA) is 61.4 Å². The van der Waals surface area contributed by atoms with Crippen molar-refractivity contribution < 1.29 is 9.59 Å². The lowest BCUT2D eigenvalue weighted by Crippen LogP contribution is -2.32. The molecule has 5 heteroatoms. The Morgan fingerprint density at radius 2 is 1.64 bits per heavy atom. The lowest BCUT2D eigenvalue weighted by Gasteiger charge is -2.18. The van der Waals surface area contributed by atoms with Crippen LogP contribution in [0.4, 0.5) is 11.4 Å². The fourth-order valence-corrected chi connectivity index (χ4v) is 2.05. The molecule has 0 aromatic heterocycles. The lowest BCUT2D eigenvalue weighted by atomic mass is 10.1. The maximum Gasteiger partial charge on any atom is 0.253 e. The third kappa shape index (κ3) is 3.63. The number of hydrogen-bond donors (Lipinski definition) is 2. The van der Waals surface area contributed by atoms with Crippen molar-refractivity contribution in [1.82, 2.24) is 5.32 Å². The summed E-state index contributed by atoms with van der Waals surface area (Å²) in [6.07, 6.45) is 0. The Bertz CT molecular complexity index is 656. The summed E-state index contributed by atoms with van der Waals surface area (Å²) in [5.74, 6) is -0.273. The first-order chi connectivity index (χ1) is 10.6. The molecule has 2 amide bonds. The van der Waals surface area contributed by atoms with Crippen LogP contribution < -0.4 is 15.5 Å². The summed E-state index contributed by atoms with van der Waals surface area (Å²) in [5.41, 5.74) is 1.98. The molecule has 2 aromatic rings. The standard InChI is InChI=1S/C17H19N3O2/c1-18-17(22)14-10-6-7-11-15(14)19-12-16(21)20(2)13-8-4-3-5-9-13/h3-11,19H,12H2,1-2H3,(H,18,22). The fourth-order valence-electron chi connectivity index (χ4n) is 2.05. The van der Waals surface area contributed by atoms with Crippen LogP contribution >= 0.6 is 0 Å². The number of hydrogen-bond acceptors (Lipinski definition) is 3. The quantitative estimate of drug-likeness (QED) is 0.888. The van der Waals surface area contributed by atoms with Gasteiger partial charge in [-0.15, -0.1) is 0 Å². The highest BCUT2D eigenvalue weighted by Gasteiger charge is 2.13. The SMILES string of the molecule is CNC(=O)c1ccccc1NCC(=O)N(C)c1ccccc1. The molecule has 22 heavy (non-hydrogen) atoms. The van der Waals surface area contributed by atoms with Gasteiger partial charge in [0.05, 0.1) is 12.1 Å². The summed E-state index contributed by atoms with van der Waals surface area (Å²) < 4.78 is 0. The second-order valence-electron chi connectivity index (χ2n) is 4.77. The second kappa shape index (κ2) is 7.26. The zero-order valence-electron chi connectivity index (χ0n) is 12.7. The Kier molecular flexibility index (Phi) is 5.14. The van der Waals surface area contributed by atoms with Crippen molar-refractivity contribution in [3.63, 3.8) is 0 Å². The van der Waals surface area contributed by atoms with E-state index >= 15 is 0 Å². The van der Waals surface area contributed by atoms with Crippen molar-refractivity contribution in [3.8, 4) is 0 Å². The molecule has 2 rings (SSSR count). The van der Waals surface area contributed by atoms with Gasteiger partial charge in [-0.3, -0.25) is 9.59 Å². The maximum absolute atomic E-state index is 12.2. The number of likely N-dealkylation sites (N-methyl/N-ethyl adjacent to an activating group) is 1. The molecule has 0 fully saturated rings. The van der Waals surface area contributed by atoms with Crippen molar-refractivity contribution in [3.05, 3.63) is 60.2 Å². The first-order valence-corrected chi connectivity index (χ1v) is 7.00. The van der Waals surface area contributed by atoms with Crippen LogP contribution in [0.3, 0.4) is 0 Å². The van der Waals surface area contributed by atoms with Crippen molar-refractivity contribution >= 4 is 23.2 Å². The molecule has 0 radical (unpaired) electrons. The third-order valence-corrected chi connectivity index (χ3v) is 3.35. The number of carbonyl (C=O) groups excluding carboxylic acids is 2. The highest BCUT2D eigenvalue weighted by Crippen LogP contribution is 2.15. The second-order valence-corrected chi connectivity index (χ2v) is 4.77. The van der Waals surface area contributed by atoms with E-state index in [4.69, 9.17) is 0 Å². The maximum atomic E-state index is 12.2. The van der Waals surface area contributed by atoms with Crippen LogP contribution in [0.2, 0.25) is 0 Å². The van der Waals surface area contributed by atoms with Crippen molar-refractivity contribution in [1.29, 1.82) is 0 Å². The predicted molar refractivity (Wildman–Crippen MR) is 88.2 cm³/mol. The highest BCUT2D eigenvalue weighted by molar-refractivity contribution is 6.01. The summed E-state index contributed by atoms with van der Waals surface area (Å²) in [6.45, 7) is 0.111. The van der Waals surface area contributed by atoms with Gasteiger partial charge in [0, 0.05) is 25.5 Å². The van der Waals surface area contributed by atoms with Crippen LogP contribution in [0.1, 0.15) is 10.4 Å². The average molecular weight is 297 g/mol. The lowest BCUT2D eigenvalue weighted by molar-refractivity contribution is -0.116. The van der Waals surface area contributed by atoms with Crippen LogP contribution in [0.5, 0.6) is 0 Å². The van der Waals surface area contributed by atoms with Crippen LogP contribution in [-0.4, -0.2) is 32.5 Å². The van der Waals surface area contributed by atoms with Gasteiger partial charge in [0.15, 0.2) is 0 Å². The van der Waals surface area contributed by atoms with Gasteiger partial charge >= 0.3 is 0 Å². The minimum atomic E-state index is -0.188. The molecule has 114 valence electrons. The van der Waals surface area contributed by atoms with Crippen molar-refractivity contribution in [2.24, 2.45) is 0 Å². The Labute approximate surface area is 129 Å². The average Bonchev–Trinajstić information content (AvgIpc) is 2.59. The number of para-hydroxylation sites is 2. The van der Waals surface area contributed by atoms with Gasteiger partial charge in [-0.05, 0) is 24.3 Å². The molecular formula is C17H19N3O2. The summed E-state index contributed by atoms with van der Waals surface area (Å²) >= 11 is 0. The van der Waals surface area contributed by atoms with E-state index in [1.54, 1.807) is 37.2 Å². The predicted octanol–water partition coefficient (Wildman–Crippen LogP) is 2.12. The monoisotopic (exact) mass is 297 g/mol. The zero-order chi connectivity index (χ0) is 15.9. The Morgan fingerprint density at radius 3 is 2.32 bits per heavy atom. The molecule has 0 unspecified atom stereocenters. The molecule has 0 aliphatic carbocycles. The molecule has 2 N–H and O–H groups in total. The van der Waals surface area contributed by atoms with Crippen molar-refractivity contribution in [2.45, 2.75) is 0 Å². The van der Waals surface area contributed by atoms with Gasteiger partial charge in [0.25, 0.3) is 5.91 Å². The zero-order valence-corrected chi connectivity index (χ0v) is 12.7. The molecular weight excluding hydrogens is 278 g/mol. The number of carbonyl (C=O) groups is 2. The molecule has 2 aromatic carbocycles. The van der Waals surface area contributed by atoms with E-state index in [1.165, 1.54) is 0 Å². The smallest absolute Gasteiger partial charge is 0.253 e. The number of anilines is 2. The van der Waals surface area contributed by atoms with Crippen LogP contribution in [0, 0.1) is 0 Å². The van der Waals surface area contributed by atoms with E-state index in [9.17, 15) is 9.59 Å². The first-order valence-electron chi connectivity index (χ1n) is 7.00. The van der Waals surface area contributed by atoms with Gasteiger partial charge in [0.1, 0.15) is 0 Å². The molecule has 5 nitrogen and oxygen atoms in total. The van der Waals surface area contributed by atoms with Crippen LogP contribution in [0.25, 0.3) is 0 Å². The Hall–Kier alpha value is -2.82. The van der Waals surface area contributed by atoms with Gasteiger partial charge in [0.2, 0.25) is 5.91 Å². The van der Waals surface area contributed by atoms with E-state index in [0.717, 1.165) is 5.69 Å². The Morgan fingerprint density at radius 1 is 1.00 bits per heavy atom. The number of nitrogens with zero attached hydrogens (tertiary/aromatic N) is 1. The molecule has 0 aliphatic heterocycles. The van der Waals surface area contributed by atoms with Gasteiger partial charge in [-0.2, -0.15) is 0 Å². The molecule has 0 atom stereocenters. The molecule has 0 saturated heterocycles. The van der Waals surface area contributed by atoms with Crippen LogP contribution in [-0.2, 0) is 4.79 Å².